The van der Waals surface area contributed by atoms with Gasteiger partial charge in [0.1, 0.15) is 0 Å². The molecule has 1 aliphatic rings. The van der Waals surface area contributed by atoms with Crippen molar-refractivity contribution in [3.63, 3.8) is 0 Å². The Labute approximate surface area is 95.0 Å². The van der Waals surface area contributed by atoms with Crippen molar-refractivity contribution in [1.29, 1.82) is 0 Å². The van der Waals surface area contributed by atoms with Crippen LogP contribution in [0, 0.1) is 5.41 Å². The van der Waals surface area contributed by atoms with Gasteiger partial charge in [-0.1, -0.05) is 30.3 Å². The van der Waals surface area contributed by atoms with Crippen LogP contribution < -0.4 is 0 Å². The Bertz CT molecular complexity index is 368. The molecule has 0 amide bonds. The highest BCUT2D eigenvalue weighted by atomic mass is 16.5. The lowest BCUT2D eigenvalue weighted by molar-refractivity contribution is -0.154. The molecular weight excluding hydrogens is 204 g/mol. The van der Waals surface area contributed by atoms with Crippen molar-refractivity contribution in [3.8, 4) is 0 Å². The molecule has 3 heteroatoms. The van der Waals surface area contributed by atoms with E-state index in [0.717, 1.165) is 5.56 Å². The molecule has 1 N–H and O–H groups in total. The van der Waals surface area contributed by atoms with Crippen LogP contribution in [-0.2, 0) is 9.53 Å². The molecule has 16 heavy (non-hydrogen) atoms. The maximum atomic E-state index is 11.8. The van der Waals surface area contributed by atoms with Crippen LogP contribution in [0.5, 0.6) is 0 Å². The summed E-state index contributed by atoms with van der Waals surface area (Å²) in [6, 6.07) is 9.29. The first kappa shape index (κ1) is 11.1. The Morgan fingerprint density at radius 3 is 2.56 bits per heavy atom. The number of carbonyl (C=O) groups is 1. The molecule has 3 nitrogen and oxygen atoms in total. The maximum absolute atomic E-state index is 11.8. The average molecular weight is 220 g/mol. The Morgan fingerprint density at radius 1 is 1.44 bits per heavy atom. The number of esters is 1. The van der Waals surface area contributed by atoms with Crippen LogP contribution in [0.1, 0.15) is 31.4 Å². The molecule has 0 heterocycles. The van der Waals surface area contributed by atoms with Crippen molar-refractivity contribution >= 4 is 5.97 Å². The van der Waals surface area contributed by atoms with Crippen molar-refractivity contribution < 1.29 is 14.6 Å². The Balaban J connectivity index is 2.16. The summed E-state index contributed by atoms with van der Waals surface area (Å²) >= 11 is 0. The molecule has 0 spiro atoms. The van der Waals surface area contributed by atoms with Gasteiger partial charge in [0.05, 0.1) is 18.1 Å². The fraction of sp³-hybridized carbons (Fsp3) is 0.462. The normalized spacial score (nSPS) is 18.9. The first-order valence-corrected chi connectivity index (χ1v) is 5.61. The fourth-order valence-electron chi connectivity index (χ4n) is 1.95. The minimum absolute atomic E-state index is 0.272. The zero-order valence-corrected chi connectivity index (χ0v) is 9.35. The molecular formula is C13H16O3. The summed E-state index contributed by atoms with van der Waals surface area (Å²) in [6.07, 6.45) is 0.678. The van der Waals surface area contributed by atoms with E-state index in [1.165, 1.54) is 0 Å². The second kappa shape index (κ2) is 4.26. The molecule has 1 atom stereocenters. The van der Waals surface area contributed by atoms with Crippen molar-refractivity contribution in [1.82, 2.24) is 0 Å². The van der Waals surface area contributed by atoms with Crippen molar-refractivity contribution in [2.75, 3.05) is 6.61 Å². The highest BCUT2D eigenvalue weighted by Crippen LogP contribution is 2.55. The predicted octanol–water partition coefficient (Wildman–Crippen LogP) is 2.06. The number of hydrogen-bond donors (Lipinski definition) is 1. The van der Waals surface area contributed by atoms with E-state index < -0.39 is 11.5 Å². The molecule has 86 valence electrons. The maximum Gasteiger partial charge on any atom is 0.315 e. The van der Waals surface area contributed by atoms with Crippen LogP contribution in [0.2, 0.25) is 0 Å². The third kappa shape index (κ3) is 1.83. The second-order valence-electron chi connectivity index (χ2n) is 4.19. The van der Waals surface area contributed by atoms with Crippen LogP contribution in [0.15, 0.2) is 30.3 Å². The van der Waals surface area contributed by atoms with E-state index in [9.17, 15) is 9.90 Å². The zero-order chi connectivity index (χ0) is 11.6. The van der Waals surface area contributed by atoms with Gasteiger partial charge < -0.3 is 9.84 Å². The number of rotatable bonds is 4. The average Bonchev–Trinajstić information content (AvgIpc) is 3.11. The summed E-state index contributed by atoms with van der Waals surface area (Å²) in [5.41, 5.74) is 0.102. The van der Waals surface area contributed by atoms with Gasteiger partial charge in [-0.2, -0.15) is 0 Å². The van der Waals surface area contributed by atoms with E-state index in [1.54, 1.807) is 6.92 Å². The summed E-state index contributed by atoms with van der Waals surface area (Å²) in [5.74, 6) is -0.272. The summed E-state index contributed by atoms with van der Waals surface area (Å²) in [5, 5.41) is 10.2. The van der Waals surface area contributed by atoms with Crippen LogP contribution in [0.4, 0.5) is 0 Å². The predicted molar refractivity (Wildman–Crippen MR) is 59.7 cm³/mol. The summed E-state index contributed by atoms with van der Waals surface area (Å²) in [7, 11) is 0. The standard InChI is InChI=1S/C13H16O3/c1-2-16-12(15)13(8-9-13)11(14)10-6-4-3-5-7-10/h3-7,11,14H,2,8-9H2,1H3. The summed E-state index contributed by atoms with van der Waals surface area (Å²) in [4.78, 5) is 11.8. The molecule has 0 aromatic heterocycles. The molecule has 0 saturated heterocycles. The van der Waals surface area contributed by atoms with Gasteiger partial charge in [-0.05, 0) is 25.3 Å². The number of aliphatic hydroxyl groups excluding tert-OH is 1. The molecule has 1 unspecified atom stereocenters. The van der Waals surface area contributed by atoms with Crippen molar-refractivity contribution in [2.24, 2.45) is 5.41 Å². The fourth-order valence-corrected chi connectivity index (χ4v) is 1.95. The lowest BCUT2D eigenvalue weighted by atomic mass is 9.93. The molecule has 1 aromatic carbocycles. The Morgan fingerprint density at radius 2 is 2.06 bits per heavy atom. The van der Waals surface area contributed by atoms with E-state index in [2.05, 4.69) is 0 Å². The number of carbonyl (C=O) groups excluding carboxylic acids is 1. The lowest BCUT2D eigenvalue weighted by Crippen LogP contribution is -2.26. The Hall–Kier alpha value is -1.35. The molecule has 2 rings (SSSR count). The molecule has 1 fully saturated rings. The molecule has 1 saturated carbocycles. The lowest BCUT2D eigenvalue weighted by Gasteiger charge is -2.20. The number of aliphatic hydroxyl groups is 1. The molecule has 1 aromatic rings. The van der Waals surface area contributed by atoms with Crippen LogP contribution >= 0.6 is 0 Å². The first-order chi connectivity index (χ1) is 7.70. The van der Waals surface area contributed by atoms with Gasteiger partial charge in [0.15, 0.2) is 0 Å². The number of ether oxygens (including phenoxy) is 1. The summed E-state index contributed by atoms with van der Waals surface area (Å²) in [6.45, 7) is 2.14. The second-order valence-corrected chi connectivity index (χ2v) is 4.19. The zero-order valence-electron chi connectivity index (χ0n) is 9.35. The van der Waals surface area contributed by atoms with Crippen molar-refractivity contribution in [3.05, 3.63) is 35.9 Å². The van der Waals surface area contributed by atoms with E-state index >= 15 is 0 Å². The molecule has 0 bridgehead atoms. The van der Waals surface area contributed by atoms with E-state index in [4.69, 9.17) is 4.74 Å². The largest absolute Gasteiger partial charge is 0.465 e. The Kier molecular flexibility index (Phi) is 2.97. The van der Waals surface area contributed by atoms with Crippen LogP contribution in [0.3, 0.4) is 0 Å². The van der Waals surface area contributed by atoms with Gasteiger partial charge in [0.25, 0.3) is 0 Å². The van der Waals surface area contributed by atoms with Gasteiger partial charge in [0.2, 0.25) is 0 Å². The molecule has 1 aliphatic carbocycles. The van der Waals surface area contributed by atoms with Gasteiger partial charge in [0, 0.05) is 0 Å². The third-order valence-corrected chi connectivity index (χ3v) is 3.11. The molecule has 0 aliphatic heterocycles. The third-order valence-electron chi connectivity index (χ3n) is 3.11. The van der Waals surface area contributed by atoms with E-state index in [0.29, 0.717) is 19.4 Å². The first-order valence-electron chi connectivity index (χ1n) is 5.61. The minimum atomic E-state index is -0.743. The number of benzene rings is 1. The molecule has 0 radical (unpaired) electrons. The smallest absolute Gasteiger partial charge is 0.315 e. The SMILES string of the molecule is CCOC(=O)C1(C(O)c2ccccc2)CC1. The topological polar surface area (TPSA) is 46.5 Å². The van der Waals surface area contributed by atoms with Gasteiger partial charge in [-0.25, -0.2) is 0 Å². The van der Waals surface area contributed by atoms with Gasteiger partial charge in [-0.3, -0.25) is 4.79 Å². The summed E-state index contributed by atoms with van der Waals surface area (Å²) < 4.78 is 5.01. The van der Waals surface area contributed by atoms with Crippen LogP contribution in [0.25, 0.3) is 0 Å². The highest BCUT2D eigenvalue weighted by Gasteiger charge is 2.57. The van der Waals surface area contributed by atoms with Gasteiger partial charge in [-0.15, -0.1) is 0 Å². The minimum Gasteiger partial charge on any atom is -0.465 e. The monoisotopic (exact) mass is 220 g/mol. The van der Waals surface area contributed by atoms with Crippen LogP contribution in [-0.4, -0.2) is 17.7 Å². The highest BCUT2D eigenvalue weighted by molar-refractivity contribution is 5.81. The quantitative estimate of drug-likeness (QED) is 0.790. The van der Waals surface area contributed by atoms with Crippen molar-refractivity contribution in [2.45, 2.75) is 25.9 Å². The van der Waals surface area contributed by atoms with Gasteiger partial charge >= 0.3 is 5.97 Å². The van der Waals surface area contributed by atoms with E-state index in [-0.39, 0.29) is 5.97 Å². The van der Waals surface area contributed by atoms with E-state index in [1.807, 2.05) is 30.3 Å². The number of hydrogen-bond acceptors (Lipinski definition) is 3.